The van der Waals surface area contributed by atoms with Crippen LogP contribution in [-0.2, 0) is 4.74 Å². The van der Waals surface area contributed by atoms with Crippen LogP contribution in [0.2, 0.25) is 0 Å². The van der Waals surface area contributed by atoms with Crippen LogP contribution >= 0.6 is 0 Å². The van der Waals surface area contributed by atoms with Gasteiger partial charge in [0.2, 0.25) is 0 Å². The first-order chi connectivity index (χ1) is 15.3. The highest BCUT2D eigenvalue weighted by Gasteiger charge is 2.33. The summed E-state index contributed by atoms with van der Waals surface area (Å²) in [4.78, 5) is 26.5. The van der Waals surface area contributed by atoms with Crippen LogP contribution in [-0.4, -0.2) is 47.9 Å². The number of hydrogen-bond donors (Lipinski definition) is 0. The maximum atomic E-state index is 13.3. The number of benzene rings is 2. The number of allylic oxidation sites excluding steroid dienone is 2. The first-order valence-electron chi connectivity index (χ1n) is 10.4. The van der Waals surface area contributed by atoms with Gasteiger partial charge in [0.15, 0.2) is 0 Å². The highest BCUT2D eigenvalue weighted by atomic mass is 16.5. The number of rotatable bonds is 3. The molecule has 0 aliphatic carbocycles. The van der Waals surface area contributed by atoms with Gasteiger partial charge in [0.25, 0.3) is 5.91 Å². The van der Waals surface area contributed by atoms with Crippen molar-refractivity contribution in [2.75, 3.05) is 31.2 Å². The second-order valence-electron chi connectivity index (χ2n) is 7.72. The quantitative estimate of drug-likeness (QED) is 0.657. The second kappa shape index (κ2) is 7.18. The zero-order valence-electron chi connectivity index (χ0n) is 16.9. The summed E-state index contributed by atoms with van der Waals surface area (Å²) in [7, 11) is 0. The summed E-state index contributed by atoms with van der Waals surface area (Å²) in [6.45, 7) is 3.27. The van der Waals surface area contributed by atoms with Crippen molar-refractivity contribution in [2.24, 2.45) is 4.99 Å². The van der Waals surface area contributed by atoms with E-state index in [4.69, 9.17) is 9.72 Å². The van der Waals surface area contributed by atoms with Crippen molar-refractivity contribution in [3.8, 4) is 11.3 Å². The standard InChI is InChI=1S/C25H20N4O2/c30-25(29-22-8-3-9-23(29)27-22)20-7-2-4-17-10-11-21(26-24(17)20)18-5-1-6-19(16-18)28-12-14-31-15-13-28/h1-11,16H,12-15H2. The molecule has 152 valence electrons. The van der Waals surface area contributed by atoms with Gasteiger partial charge in [-0.25, -0.2) is 14.9 Å². The van der Waals surface area contributed by atoms with E-state index in [1.807, 2.05) is 48.6 Å². The first kappa shape index (κ1) is 18.0. The molecule has 3 aliphatic rings. The van der Waals surface area contributed by atoms with Crippen molar-refractivity contribution in [1.82, 2.24) is 9.88 Å². The van der Waals surface area contributed by atoms with E-state index in [1.54, 1.807) is 4.90 Å². The van der Waals surface area contributed by atoms with Crippen molar-refractivity contribution >= 4 is 28.3 Å². The molecule has 0 N–H and O–H groups in total. The van der Waals surface area contributed by atoms with E-state index in [-0.39, 0.29) is 5.91 Å². The monoisotopic (exact) mass is 408 g/mol. The molecule has 1 aromatic heterocycles. The zero-order valence-corrected chi connectivity index (χ0v) is 16.9. The highest BCUT2D eigenvalue weighted by molar-refractivity contribution is 6.19. The molecular formula is C25H20N4O2. The number of carbonyl (C=O) groups is 1. The molecule has 1 fully saturated rings. The van der Waals surface area contributed by atoms with E-state index in [9.17, 15) is 4.79 Å². The molecule has 4 heterocycles. The Labute approximate surface area is 179 Å². The van der Waals surface area contributed by atoms with Gasteiger partial charge in [0, 0.05) is 29.7 Å². The first-order valence-corrected chi connectivity index (χ1v) is 10.4. The van der Waals surface area contributed by atoms with Gasteiger partial charge in [-0.15, -0.1) is 0 Å². The van der Waals surface area contributed by atoms with Crippen LogP contribution in [0.1, 0.15) is 10.4 Å². The van der Waals surface area contributed by atoms with Gasteiger partial charge in [-0.2, -0.15) is 0 Å². The number of fused-ring (bicyclic) bond motifs is 3. The molecule has 0 saturated carbocycles. The molecule has 3 aliphatic heterocycles. The molecule has 0 atom stereocenters. The molecule has 1 amide bonds. The molecule has 6 rings (SSSR count). The van der Waals surface area contributed by atoms with Crippen molar-refractivity contribution in [1.29, 1.82) is 0 Å². The van der Waals surface area contributed by atoms with Gasteiger partial charge >= 0.3 is 0 Å². The van der Waals surface area contributed by atoms with Gasteiger partial charge in [0.1, 0.15) is 11.7 Å². The summed E-state index contributed by atoms with van der Waals surface area (Å²) in [6, 6.07) is 18.2. The third kappa shape index (κ3) is 3.04. The van der Waals surface area contributed by atoms with Crippen molar-refractivity contribution in [2.45, 2.75) is 0 Å². The number of para-hydroxylation sites is 1. The molecule has 1 saturated heterocycles. The molecule has 2 aromatic carbocycles. The molecule has 2 bridgehead atoms. The normalized spacial score (nSPS) is 17.3. The smallest absolute Gasteiger partial charge is 0.267 e. The number of amidine groups is 1. The minimum absolute atomic E-state index is 0.0992. The van der Waals surface area contributed by atoms with Gasteiger partial charge in [-0.05, 0) is 36.4 Å². The van der Waals surface area contributed by atoms with Crippen LogP contribution in [0, 0.1) is 0 Å². The van der Waals surface area contributed by atoms with E-state index in [1.165, 1.54) is 0 Å². The molecule has 6 nitrogen and oxygen atoms in total. The SMILES string of the molecule is O=C(c1cccc2ccc(-c3cccc(N4CCOCC4)c3)nc12)N1c2cccc1n2. The average molecular weight is 408 g/mol. The molecular weight excluding hydrogens is 388 g/mol. The molecule has 3 aromatic rings. The lowest BCUT2D eigenvalue weighted by Gasteiger charge is -2.32. The lowest BCUT2D eigenvalue weighted by Crippen LogP contribution is -2.43. The minimum atomic E-state index is -0.0992. The highest BCUT2D eigenvalue weighted by Crippen LogP contribution is 2.30. The lowest BCUT2D eigenvalue weighted by molar-refractivity contribution is 0.0866. The summed E-state index contributed by atoms with van der Waals surface area (Å²) in [6.07, 6.45) is 5.58. The summed E-state index contributed by atoms with van der Waals surface area (Å²) in [5, 5.41) is 0.941. The maximum absolute atomic E-state index is 13.3. The van der Waals surface area contributed by atoms with E-state index in [0.29, 0.717) is 22.7 Å². The van der Waals surface area contributed by atoms with Crippen LogP contribution < -0.4 is 4.90 Å². The second-order valence-corrected chi connectivity index (χ2v) is 7.72. The summed E-state index contributed by atoms with van der Waals surface area (Å²) in [5.41, 5.74) is 4.33. The van der Waals surface area contributed by atoms with Crippen molar-refractivity contribution in [3.63, 3.8) is 0 Å². The number of aromatic nitrogens is 1. The predicted octanol–water partition coefficient (Wildman–Crippen LogP) is 4.00. The van der Waals surface area contributed by atoms with Crippen LogP contribution in [0.3, 0.4) is 0 Å². The zero-order chi connectivity index (χ0) is 20.8. The number of amides is 1. The Morgan fingerprint density at radius 1 is 1.00 bits per heavy atom. The summed E-state index contributed by atoms with van der Waals surface area (Å²) >= 11 is 0. The van der Waals surface area contributed by atoms with Crippen molar-refractivity contribution < 1.29 is 9.53 Å². The van der Waals surface area contributed by atoms with Crippen molar-refractivity contribution in [3.05, 3.63) is 84.2 Å². The number of aliphatic imine (C=N–C) groups is 1. The Bertz CT molecular complexity index is 1290. The Morgan fingerprint density at radius 2 is 1.87 bits per heavy atom. The lowest BCUT2D eigenvalue weighted by atomic mass is 10.0. The van der Waals surface area contributed by atoms with E-state index in [2.05, 4.69) is 34.2 Å². The molecule has 31 heavy (non-hydrogen) atoms. The number of hydrogen-bond acceptors (Lipinski definition) is 5. The Kier molecular flexibility index (Phi) is 4.18. The molecule has 0 spiro atoms. The number of ether oxygens (including phenoxy) is 1. The minimum Gasteiger partial charge on any atom is -0.378 e. The van der Waals surface area contributed by atoms with Crippen LogP contribution in [0.15, 0.2) is 83.6 Å². The maximum Gasteiger partial charge on any atom is 0.267 e. The number of nitrogens with zero attached hydrogens (tertiary/aromatic N) is 4. The molecule has 6 heteroatoms. The Balaban J connectivity index is 1.39. The van der Waals surface area contributed by atoms with Gasteiger partial charge in [-0.1, -0.05) is 36.4 Å². The number of pyridine rings is 1. The van der Waals surface area contributed by atoms with Crippen LogP contribution in [0.25, 0.3) is 22.2 Å². The summed E-state index contributed by atoms with van der Waals surface area (Å²) < 4.78 is 5.47. The molecule has 0 unspecified atom stereocenters. The van der Waals surface area contributed by atoms with Gasteiger partial charge in [0.05, 0.1) is 30.0 Å². The molecule has 0 radical (unpaired) electrons. The van der Waals surface area contributed by atoms with Gasteiger partial charge < -0.3 is 9.64 Å². The summed E-state index contributed by atoms with van der Waals surface area (Å²) in [5.74, 6) is 1.25. The number of anilines is 1. The number of carbonyl (C=O) groups excluding carboxylic acids is 1. The fourth-order valence-electron chi connectivity index (χ4n) is 4.23. The predicted molar refractivity (Wildman–Crippen MR) is 121 cm³/mol. The third-order valence-corrected chi connectivity index (χ3v) is 5.85. The largest absolute Gasteiger partial charge is 0.378 e. The van der Waals surface area contributed by atoms with E-state index >= 15 is 0 Å². The topological polar surface area (TPSA) is 58.0 Å². The number of morpholine rings is 1. The van der Waals surface area contributed by atoms with E-state index in [0.717, 1.165) is 48.6 Å². The third-order valence-electron chi connectivity index (χ3n) is 5.85. The fourth-order valence-corrected chi connectivity index (χ4v) is 4.23. The fraction of sp³-hybridized carbons (Fsp3) is 0.160. The van der Waals surface area contributed by atoms with E-state index < -0.39 is 0 Å². The van der Waals surface area contributed by atoms with Crippen LogP contribution in [0.5, 0.6) is 0 Å². The van der Waals surface area contributed by atoms with Crippen LogP contribution in [0.4, 0.5) is 5.69 Å². The van der Waals surface area contributed by atoms with Gasteiger partial charge in [-0.3, -0.25) is 4.79 Å². The Morgan fingerprint density at radius 3 is 2.68 bits per heavy atom. The Hall–Kier alpha value is -3.77. The average Bonchev–Trinajstić information content (AvgIpc) is 2.84.